The van der Waals surface area contributed by atoms with Crippen molar-refractivity contribution in [2.45, 2.75) is 44.7 Å². The highest BCUT2D eigenvalue weighted by Gasteiger charge is 2.36. The molecule has 0 saturated heterocycles. The zero-order valence-electron chi connectivity index (χ0n) is 24.8. The third-order valence-corrected chi connectivity index (χ3v) is 8.07. The maximum absolute atomic E-state index is 13.4. The van der Waals surface area contributed by atoms with Crippen LogP contribution in [0.1, 0.15) is 55.5 Å². The third-order valence-electron chi connectivity index (χ3n) is 8.07. The summed E-state index contributed by atoms with van der Waals surface area (Å²) < 4.78 is 46.0. The van der Waals surface area contributed by atoms with Gasteiger partial charge < -0.3 is 9.84 Å². The first kappa shape index (κ1) is 30.5. The van der Waals surface area contributed by atoms with Gasteiger partial charge in [-0.1, -0.05) is 87.2 Å². The summed E-state index contributed by atoms with van der Waals surface area (Å²) in [6, 6.07) is 25.8. The average Bonchev–Trinajstić information content (AvgIpc) is 3.43. The molecule has 0 fully saturated rings. The van der Waals surface area contributed by atoms with Crippen molar-refractivity contribution in [2.24, 2.45) is 0 Å². The SMILES string of the molecule is C=C(C)C(=O)OCC(C)(c1ccccc1)c1cc(-n2nc3ccc(C(F)(F)F)cc3n2)c(O)c(C(C)(C)c2ccccc2)c1. The lowest BCUT2D eigenvalue weighted by Gasteiger charge is -2.34. The topological polar surface area (TPSA) is 77.2 Å². The molecule has 1 atom stereocenters. The highest BCUT2D eigenvalue weighted by atomic mass is 19.4. The smallest absolute Gasteiger partial charge is 0.416 e. The minimum atomic E-state index is -4.55. The van der Waals surface area contributed by atoms with E-state index < -0.39 is 28.5 Å². The van der Waals surface area contributed by atoms with E-state index in [2.05, 4.69) is 16.8 Å². The van der Waals surface area contributed by atoms with Crippen LogP contribution < -0.4 is 0 Å². The first-order chi connectivity index (χ1) is 20.7. The molecule has 5 rings (SSSR count). The van der Waals surface area contributed by atoms with E-state index in [1.165, 1.54) is 6.07 Å². The fourth-order valence-electron chi connectivity index (χ4n) is 5.25. The van der Waals surface area contributed by atoms with Gasteiger partial charge in [-0.05, 0) is 54.8 Å². The molecule has 5 aromatic rings. The molecule has 9 heteroatoms. The van der Waals surface area contributed by atoms with Crippen LogP contribution in [0.4, 0.5) is 13.2 Å². The number of rotatable bonds is 8. The second kappa shape index (κ2) is 11.3. The van der Waals surface area contributed by atoms with Gasteiger partial charge in [0.05, 0.1) is 11.0 Å². The van der Waals surface area contributed by atoms with Crippen molar-refractivity contribution in [2.75, 3.05) is 6.61 Å². The predicted molar refractivity (Wildman–Crippen MR) is 163 cm³/mol. The van der Waals surface area contributed by atoms with Crippen molar-refractivity contribution in [1.82, 2.24) is 15.0 Å². The van der Waals surface area contributed by atoms with Gasteiger partial charge in [0.15, 0.2) is 0 Å². The van der Waals surface area contributed by atoms with Gasteiger partial charge in [-0.3, -0.25) is 0 Å². The Balaban J connectivity index is 1.77. The van der Waals surface area contributed by atoms with E-state index in [1.807, 2.05) is 87.5 Å². The maximum Gasteiger partial charge on any atom is 0.416 e. The number of fused-ring (bicyclic) bond motifs is 1. The van der Waals surface area contributed by atoms with Gasteiger partial charge in [0.25, 0.3) is 0 Å². The molecule has 1 aromatic heterocycles. The normalized spacial score (nSPS) is 13.4. The summed E-state index contributed by atoms with van der Waals surface area (Å²) in [5.74, 6) is -0.676. The molecule has 4 aromatic carbocycles. The van der Waals surface area contributed by atoms with Crippen molar-refractivity contribution in [3.63, 3.8) is 0 Å². The molecule has 0 bridgehead atoms. The van der Waals surface area contributed by atoms with E-state index in [4.69, 9.17) is 4.74 Å². The van der Waals surface area contributed by atoms with Crippen molar-refractivity contribution in [1.29, 1.82) is 0 Å². The second-order valence-electron chi connectivity index (χ2n) is 11.6. The van der Waals surface area contributed by atoms with Crippen LogP contribution >= 0.6 is 0 Å². The molecule has 0 aliphatic heterocycles. The van der Waals surface area contributed by atoms with E-state index in [9.17, 15) is 23.1 Å². The summed E-state index contributed by atoms with van der Waals surface area (Å²) in [6.45, 7) is 11.1. The van der Waals surface area contributed by atoms with E-state index in [1.54, 1.807) is 13.0 Å². The Kier molecular flexibility index (Phi) is 7.84. The van der Waals surface area contributed by atoms with Crippen molar-refractivity contribution >= 4 is 17.0 Å². The van der Waals surface area contributed by atoms with Crippen LogP contribution in [-0.2, 0) is 26.5 Å². The summed E-state index contributed by atoms with van der Waals surface area (Å²) in [5.41, 5.74) is 1.11. The minimum Gasteiger partial charge on any atom is -0.505 e. The molecular weight excluding hydrogens is 567 g/mol. The average molecular weight is 600 g/mol. The van der Waals surface area contributed by atoms with Crippen LogP contribution in [0.25, 0.3) is 16.7 Å². The monoisotopic (exact) mass is 599 g/mol. The van der Waals surface area contributed by atoms with E-state index in [0.29, 0.717) is 11.1 Å². The number of carbonyl (C=O) groups is 1. The molecule has 1 unspecified atom stereocenters. The number of phenols is 1. The molecular formula is C35H32F3N3O3. The van der Waals surface area contributed by atoms with E-state index in [0.717, 1.165) is 28.1 Å². The van der Waals surface area contributed by atoms with Crippen LogP contribution in [0.15, 0.2) is 103 Å². The van der Waals surface area contributed by atoms with Gasteiger partial charge in [0, 0.05) is 16.6 Å². The summed E-state index contributed by atoms with van der Waals surface area (Å²) in [5, 5.41) is 20.6. The fourth-order valence-corrected chi connectivity index (χ4v) is 5.25. The number of hydrogen-bond donors (Lipinski definition) is 1. The molecule has 0 spiro atoms. The van der Waals surface area contributed by atoms with Gasteiger partial charge >= 0.3 is 12.1 Å². The Labute approximate surface area is 253 Å². The molecule has 6 nitrogen and oxygen atoms in total. The number of ether oxygens (including phenoxy) is 1. The Bertz CT molecular complexity index is 1850. The standard InChI is InChI=1S/C35H32F3N3O3/c1-22(2)32(43)44-21-34(5,24-14-10-7-11-15-24)26-18-27(33(3,4)23-12-8-6-9-13-23)31(42)30(20-26)41-39-28-17-16-25(35(36,37)38)19-29(28)40-41/h6-20,42H,1,21H2,2-5H3. The number of alkyl halides is 3. The number of esters is 1. The first-order valence-corrected chi connectivity index (χ1v) is 14.0. The molecule has 226 valence electrons. The highest BCUT2D eigenvalue weighted by molar-refractivity contribution is 5.87. The number of benzene rings is 4. The summed E-state index contributed by atoms with van der Waals surface area (Å²) in [6.07, 6.45) is -4.55. The summed E-state index contributed by atoms with van der Waals surface area (Å²) in [4.78, 5) is 13.7. The molecule has 0 saturated carbocycles. The van der Waals surface area contributed by atoms with Crippen molar-refractivity contribution in [3.05, 3.63) is 131 Å². The summed E-state index contributed by atoms with van der Waals surface area (Å²) >= 11 is 0. The molecule has 1 N–H and O–H groups in total. The van der Waals surface area contributed by atoms with Gasteiger partial charge in [-0.25, -0.2) is 4.79 Å². The molecule has 0 radical (unpaired) electrons. The zero-order valence-corrected chi connectivity index (χ0v) is 24.8. The number of aromatic hydroxyl groups is 1. The van der Waals surface area contributed by atoms with Crippen molar-refractivity contribution < 1.29 is 27.8 Å². The van der Waals surface area contributed by atoms with Crippen LogP contribution in [0.2, 0.25) is 0 Å². The first-order valence-electron chi connectivity index (χ1n) is 14.0. The molecule has 44 heavy (non-hydrogen) atoms. The van der Waals surface area contributed by atoms with Crippen LogP contribution in [-0.4, -0.2) is 32.7 Å². The van der Waals surface area contributed by atoms with Crippen LogP contribution in [0, 0.1) is 0 Å². The minimum absolute atomic E-state index is 0.0229. The third kappa shape index (κ3) is 5.69. The lowest BCUT2D eigenvalue weighted by molar-refractivity contribution is -0.140. The Morgan fingerprint density at radius 2 is 1.41 bits per heavy atom. The quantitative estimate of drug-likeness (QED) is 0.145. The summed E-state index contributed by atoms with van der Waals surface area (Å²) in [7, 11) is 0. The molecule has 1 heterocycles. The number of halogens is 3. The number of hydrogen-bond acceptors (Lipinski definition) is 5. The lowest BCUT2D eigenvalue weighted by atomic mass is 9.72. The highest BCUT2D eigenvalue weighted by Crippen LogP contribution is 2.44. The Morgan fingerprint density at radius 3 is 2.00 bits per heavy atom. The van der Waals surface area contributed by atoms with Crippen molar-refractivity contribution in [3.8, 4) is 11.4 Å². The Morgan fingerprint density at radius 1 is 0.818 bits per heavy atom. The second-order valence-corrected chi connectivity index (χ2v) is 11.6. The largest absolute Gasteiger partial charge is 0.505 e. The predicted octanol–water partition coefficient (Wildman–Crippen LogP) is 7.90. The number of phenolic OH excluding ortho intramolecular Hbond substituents is 1. The lowest BCUT2D eigenvalue weighted by Crippen LogP contribution is -2.32. The number of carbonyl (C=O) groups excluding carboxylic acids is 1. The van der Waals surface area contributed by atoms with Gasteiger partial charge in [0.1, 0.15) is 29.1 Å². The molecule has 0 amide bonds. The molecule has 0 aliphatic carbocycles. The number of nitrogens with zero attached hydrogens (tertiary/aromatic N) is 3. The van der Waals surface area contributed by atoms with E-state index in [-0.39, 0.29) is 34.7 Å². The maximum atomic E-state index is 13.4. The van der Waals surface area contributed by atoms with Crippen LogP contribution in [0.5, 0.6) is 5.75 Å². The number of aromatic nitrogens is 3. The molecule has 0 aliphatic rings. The van der Waals surface area contributed by atoms with Gasteiger partial charge in [0.2, 0.25) is 0 Å². The van der Waals surface area contributed by atoms with Gasteiger partial charge in [-0.15, -0.1) is 15.0 Å². The fraction of sp³-hybridized carbons (Fsp3) is 0.229. The van der Waals surface area contributed by atoms with E-state index >= 15 is 0 Å². The van der Waals surface area contributed by atoms with Gasteiger partial charge in [-0.2, -0.15) is 13.2 Å². The van der Waals surface area contributed by atoms with Crippen LogP contribution in [0.3, 0.4) is 0 Å². The Hall–Kier alpha value is -4.92. The zero-order chi connectivity index (χ0) is 31.9.